The molecule has 0 atom stereocenters. The molecule has 0 spiro atoms. The zero-order valence-electron chi connectivity index (χ0n) is 14.6. The Morgan fingerprint density at radius 1 is 0.960 bits per heavy atom. The summed E-state index contributed by atoms with van der Waals surface area (Å²) in [4.78, 5) is 0. The minimum atomic E-state index is 0.0943. The minimum absolute atomic E-state index is 0.0943. The number of aromatic hydroxyl groups is 2. The second-order valence-corrected chi connectivity index (χ2v) is 6.45. The number of benzene rings is 2. The van der Waals surface area contributed by atoms with E-state index in [0.29, 0.717) is 18.5 Å². The number of fused-ring (bicyclic) bond motifs is 1. The molecular weight excluding hydrogens is 314 g/mol. The van der Waals surface area contributed by atoms with Gasteiger partial charge in [-0.3, -0.25) is 0 Å². The molecule has 132 valence electrons. The van der Waals surface area contributed by atoms with Gasteiger partial charge < -0.3 is 19.9 Å². The Morgan fingerprint density at radius 2 is 1.76 bits per heavy atom. The van der Waals surface area contributed by atoms with Gasteiger partial charge in [-0.15, -0.1) is 0 Å². The quantitative estimate of drug-likeness (QED) is 0.610. The van der Waals surface area contributed by atoms with Crippen LogP contribution in [0, 0.1) is 0 Å². The summed E-state index contributed by atoms with van der Waals surface area (Å²) in [6.07, 6.45) is 5.45. The van der Waals surface area contributed by atoms with Crippen LogP contribution < -0.4 is 0 Å². The maximum Gasteiger partial charge on any atom is 0.127 e. The van der Waals surface area contributed by atoms with Crippen molar-refractivity contribution in [3.05, 3.63) is 59.3 Å². The molecule has 0 bridgehead atoms. The minimum Gasteiger partial charge on any atom is -0.507 e. The zero-order chi connectivity index (χ0) is 17.8. The Morgan fingerprint density at radius 3 is 2.52 bits per heavy atom. The summed E-state index contributed by atoms with van der Waals surface area (Å²) in [5.41, 5.74) is 3.52. The first-order chi connectivity index (χ1) is 12.2. The molecule has 3 N–H and O–H groups in total. The van der Waals surface area contributed by atoms with E-state index in [1.165, 1.54) is 0 Å². The second kappa shape index (κ2) is 7.62. The molecule has 1 heterocycles. The third-order valence-corrected chi connectivity index (χ3v) is 4.72. The summed E-state index contributed by atoms with van der Waals surface area (Å²) < 4.78 is 2.03. The number of nitrogens with zero attached hydrogens (tertiary/aromatic N) is 1. The molecule has 0 aliphatic carbocycles. The molecular formula is C21H25NO3. The Hall–Kier alpha value is -2.46. The van der Waals surface area contributed by atoms with Gasteiger partial charge >= 0.3 is 0 Å². The predicted octanol–water partition coefficient (Wildman–Crippen LogP) is 3.98. The molecule has 0 saturated heterocycles. The lowest BCUT2D eigenvalue weighted by Gasteiger charge is -2.13. The molecule has 3 rings (SSSR count). The van der Waals surface area contributed by atoms with Gasteiger partial charge in [0.15, 0.2) is 0 Å². The molecule has 1 aromatic heterocycles. The summed E-state index contributed by atoms with van der Waals surface area (Å²) in [6, 6.07) is 11.5. The van der Waals surface area contributed by atoms with E-state index in [1.54, 1.807) is 12.1 Å². The van der Waals surface area contributed by atoms with Gasteiger partial charge in [-0.05, 0) is 42.5 Å². The van der Waals surface area contributed by atoms with Crippen molar-refractivity contribution < 1.29 is 15.3 Å². The molecule has 0 radical (unpaired) electrons. The largest absolute Gasteiger partial charge is 0.507 e. The number of aliphatic hydroxyl groups is 1. The fraction of sp³-hybridized carbons (Fsp3) is 0.333. The highest BCUT2D eigenvalue weighted by Crippen LogP contribution is 2.33. The van der Waals surface area contributed by atoms with Gasteiger partial charge in [0.25, 0.3) is 0 Å². The van der Waals surface area contributed by atoms with Crippen LogP contribution in [0.15, 0.2) is 42.6 Å². The van der Waals surface area contributed by atoms with E-state index in [4.69, 9.17) is 0 Å². The first-order valence-electron chi connectivity index (χ1n) is 8.86. The number of aromatic nitrogens is 1. The van der Waals surface area contributed by atoms with Crippen molar-refractivity contribution in [2.45, 2.75) is 39.2 Å². The lowest BCUT2D eigenvalue weighted by Crippen LogP contribution is -2.01. The van der Waals surface area contributed by atoms with Gasteiger partial charge in [0.05, 0.1) is 12.1 Å². The number of unbranched alkanes of at least 4 members (excludes halogenated alkanes) is 1. The number of hydrogen-bond acceptors (Lipinski definition) is 3. The van der Waals surface area contributed by atoms with Crippen molar-refractivity contribution in [3.63, 3.8) is 0 Å². The number of aliphatic hydroxyl groups excluding tert-OH is 1. The molecule has 4 nitrogen and oxygen atoms in total. The van der Waals surface area contributed by atoms with Crippen LogP contribution in [-0.4, -0.2) is 26.5 Å². The van der Waals surface area contributed by atoms with E-state index >= 15 is 0 Å². The molecule has 0 saturated carbocycles. The standard InChI is InChI=1S/C21H25NO3/c1-2-3-6-15-9-10-20(24)18(21(15)25)14-22-13-16(11-12-23)17-7-4-5-8-19(17)22/h4-5,7-10,13,23-25H,2-3,6,11-12,14H2,1H3. The number of hydrogen-bond donors (Lipinski definition) is 3. The predicted molar refractivity (Wildman–Crippen MR) is 100 cm³/mol. The van der Waals surface area contributed by atoms with E-state index in [9.17, 15) is 15.3 Å². The Balaban J connectivity index is 2.01. The van der Waals surface area contributed by atoms with Gasteiger partial charge in [-0.25, -0.2) is 0 Å². The normalized spacial score (nSPS) is 11.3. The maximum atomic E-state index is 10.6. The van der Waals surface area contributed by atoms with Gasteiger partial charge in [-0.1, -0.05) is 37.6 Å². The Kier molecular flexibility index (Phi) is 5.29. The van der Waals surface area contributed by atoms with Gasteiger partial charge in [0, 0.05) is 23.7 Å². The van der Waals surface area contributed by atoms with Gasteiger partial charge in [0.1, 0.15) is 11.5 Å². The van der Waals surface area contributed by atoms with Crippen LogP contribution in [0.1, 0.15) is 36.5 Å². The lowest BCUT2D eigenvalue weighted by molar-refractivity contribution is 0.300. The molecule has 0 fully saturated rings. The third kappa shape index (κ3) is 3.49. The van der Waals surface area contributed by atoms with Crippen molar-refractivity contribution in [2.24, 2.45) is 0 Å². The molecule has 0 amide bonds. The summed E-state index contributed by atoms with van der Waals surface area (Å²) in [5.74, 6) is 0.300. The van der Waals surface area contributed by atoms with Crippen LogP contribution in [0.25, 0.3) is 10.9 Å². The summed E-state index contributed by atoms with van der Waals surface area (Å²) in [5, 5.41) is 31.3. The third-order valence-electron chi connectivity index (χ3n) is 4.72. The Labute approximate surface area is 148 Å². The maximum absolute atomic E-state index is 10.6. The highest BCUT2D eigenvalue weighted by molar-refractivity contribution is 5.84. The number of phenols is 2. The van der Waals surface area contributed by atoms with E-state index < -0.39 is 0 Å². The van der Waals surface area contributed by atoms with Crippen LogP contribution in [0.2, 0.25) is 0 Å². The molecule has 0 aliphatic rings. The topological polar surface area (TPSA) is 65.6 Å². The highest BCUT2D eigenvalue weighted by atomic mass is 16.3. The molecule has 2 aromatic carbocycles. The lowest BCUT2D eigenvalue weighted by atomic mass is 10.0. The van der Waals surface area contributed by atoms with Crippen LogP contribution in [0.5, 0.6) is 11.5 Å². The fourth-order valence-corrected chi connectivity index (χ4v) is 3.34. The molecule has 25 heavy (non-hydrogen) atoms. The second-order valence-electron chi connectivity index (χ2n) is 6.45. The number of para-hydroxylation sites is 1. The molecule has 0 unspecified atom stereocenters. The number of aryl methyl sites for hydroxylation is 1. The van der Waals surface area contributed by atoms with Gasteiger partial charge in [-0.2, -0.15) is 0 Å². The summed E-state index contributed by atoms with van der Waals surface area (Å²) in [7, 11) is 0. The van der Waals surface area contributed by atoms with E-state index in [2.05, 4.69) is 6.92 Å². The molecule has 4 heteroatoms. The van der Waals surface area contributed by atoms with Crippen molar-refractivity contribution in [3.8, 4) is 11.5 Å². The smallest absolute Gasteiger partial charge is 0.127 e. The zero-order valence-corrected chi connectivity index (χ0v) is 14.6. The van der Waals surface area contributed by atoms with Crippen LogP contribution >= 0.6 is 0 Å². The van der Waals surface area contributed by atoms with Crippen LogP contribution in [0.3, 0.4) is 0 Å². The first-order valence-corrected chi connectivity index (χ1v) is 8.86. The SMILES string of the molecule is CCCCc1ccc(O)c(Cn2cc(CCO)c3ccccc32)c1O. The van der Waals surface area contributed by atoms with Crippen molar-refractivity contribution >= 4 is 10.9 Å². The monoisotopic (exact) mass is 339 g/mol. The Bertz CT molecular complexity index is 867. The summed E-state index contributed by atoms with van der Waals surface area (Å²) in [6.45, 7) is 2.60. The first kappa shape index (κ1) is 17.4. The fourth-order valence-electron chi connectivity index (χ4n) is 3.34. The van der Waals surface area contributed by atoms with Gasteiger partial charge in [0.2, 0.25) is 0 Å². The summed E-state index contributed by atoms with van der Waals surface area (Å²) >= 11 is 0. The average molecular weight is 339 g/mol. The van der Waals surface area contributed by atoms with E-state index in [-0.39, 0.29) is 18.1 Å². The molecule has 0 aliphatic heterocycles. The van der Waals surface area contributed by atoms with Crippen molar-refractivity contribution in [2.75, 3.05) is 6.61 Å². The number of rotatable bonds is 7. The van der Waals surface area contributed by atoms with Crippen molar-refractivity contribution in [1.29, 1.82) is 0 Å². The van der Waals surface area contributed by atoms with E-state index in [0.717, 1.165) is 41.3 Å². The van der Waals surface area contributed by atoms with Crippen molar-refractivity contribution in [1.82, 2.24) is 4.57 Å². The molecule has 3 aromatic rings. The van der Waals surface area contributed by atoms with Crippen LogP contribution in [-0.2, 0) is 19.4 Å². The average Bonchev–Trinajstić information content (AvgIpc) is 2.96. The van der Waals surface area contributed by atoms with Crippen LogP contribution in [0.4, 0.5) is 0 Å². The number of phenolic OH excluding ortho intramolecular Hbond substituents is 2. The highest BCUT2D eigenvalue weighted by Gasteiger charge is 2.15. The van der Waals surface area contributed by atoms with E-state index in [1.807, 2.05) is 35.0 Å².